The fraction of sp³-hybridized carbons (Fsp3) is 0.333. The van der Waals surface area contributed by atoms with Gasteiger partial charge in [0.05, 0.1) is 11.4 Å². The predicted molar refractivity (Wildman–Crippen MR) is 119 cm³/mol. The highest BCUT2D eigenvalue weighted by Crippen LogP contribution is 2.48. The first-order valence-corrected chi connectivity index (χ1v) is 10.9. The van der Waals surface area contributed by atoms with Gasteiger partial charge in [-0.1, -0.05) is 63.1 Å². The molecule has 5 heteroatoms. The third-order valence-corrected chi connectivity index (χ3v) is 6.41. The van der Waals surface area contributed by atoms with Crippen LogP contribution in [-0.4, -0.2) is 17.6 Å². The molecule has 150 valence electrons. The monoisotopic (exact) mass is 406 g/mol. The number of anilines is 2. The third-order valence-electron chi connectivity index (χ3n) is 5.30. The molecule has 0 spiro atoms. The molecule has 3 rings (SSSR count). The molecule has 0 bridgehead atoms. The van der Waals surface area contributed by atoms with E-state index in [0.717, 1.165) is 29.1 Å². The van der Waals surface area contributed by atoms with Crippen LogP contribution >= 0.6 is 11.8 Å². The highest BCUT2D eigenvalue weighted by atomic mass is 32.2. The maximum Gasteiger partial charge on any atom is 0.346 e. The Morgan fingerprint density at radius 1 is 1.21 bits per heavy atom. The summed E-state index contributed by atoms with van der Waals surface area (Å²) in [6.07, 6.45) is 6.25. The molecule has 1 aliphatic rings. The molecule has 2 aromatic rings. The van der Waals surface area contributed by atoms with Gasteiger partial charge in [0.2, 0.25) is 0 Å². The van der Waals surface area contributed by atoms with Crippen LogP contribution in [0.5, 0.6) is 0 Å². The Morgan fingerprint density at radius 3 is 2.66 bits per heavy atom. The van der Waals surface area contributed by atoms with Gasteiger partial charge >= 0.3 is 5.97 Å². The van der Waals surface area contributed by atoms with Gasteiger partial charge in [-0.15, -0.1) is 0 Å². The number of para-hydroxylation sites is 1. The molecule has 1 N–H and O–H groups in total. The van der Waals surface area contributed by atoms with Gasteiger partial charge in [0.25, 0.3) is 0 Å². The van der Waals surface area contributed by atoms with Crippen molar-refractivity contribution in [1.29, 1.82) is 5.26 Å². The molecule has 0 saturated heterocycles. The first kappa shape index (κ1) is 21.0. The highest BCUT2D eigenvalue weighted by molar-refractivity contribution is 7.99. The van der Waals surface area contributed by atoms with Crippen molar-refractivity contribution in [1.82, 2.24) is 0 Å². The first-order chi connectivity index (χ1) is 14.1. The summed E-state index contributed by atoms with van der Waals surface area (Å²) in [5.74, 6) is -0.581. The minimum absolute atomic E-state index is 0.256. The van der Waals surface area contributed by atoms with Crippen molar-refractivity contribution in [2.45, 2.75) is 49.3 Å². The maximum absolute atomic E-state index is 11.2. The Labute approximate surface area is 176 Å². The third kappa shape index (κ3) is 4.83. The van der Waals surface area contributed by atoms with Gasteiger partial charge in [-0.05, 0) is 48.2 Å². The zero-order valence-corrected chi connectivity index (χ0v) is 17.7. The number of hydrogen-bond acceptors (Lipinski definition) is 4. The molecular weight excluding hydrogens is 380 g/mol. The molecule has 4 nitrogen and oxygen atoms in total. The van der Waals surface area contributed by atoms with E-state index in [2.05, 4.69) is 36.9 Å². The van der Waals surface area contributed by atoms with Crippen LogP contribution in [0.15, 0.2) is 57.8 Å². The molecule has 1 atom stereocenters. The summed E-state index contributed by atoms with van der Waals surface area (Å²) in [6, 6.07) is 16.1. The van der Waals surface area contributed by atoms with Crippen molar-refractivity contribution < 1.29 is 9.90 Å². The van der Waals surface area contributed by atoms with Crippen LogP contribution in [0.1, 0.15) is 45.1 Å². The van der Waals surface area contributed by atoms with Gasteiger partial charge < -0.3 is 10.0 Å². The number of unbranched alkanes of at least 4 members (excludes halogenated alkanes) is 1. The van der Waals surface area contributed by atoms with Gasteiger partial charge in [0.1, 0.15) is 11.6 Å². The zero-order valence-electron chi connectivity index (χ0n) is 16.9. The highest BCUT2D eigenvalue weighted by Gasteiger charge is 2.25. The number of nitrogens with zero attached hydrogens (tertiary/aromatic N) is 2. The lowest BCUT2D eigenvalue weighted by atomic mass is 9.98. The summed E-state index contributed by atoms with van der Waals surface area (Å²) in [5, 5.41) is 18.2. The molecule has 1 heterocycles. The Kier molecular flexibility index (Phi) is 7.00. The Hall–Kier alpha value is -2.71. The van der Waals surface area contributed by atoms with Crippen LogP contribution in [0, 0.1) is 17.2 Å². The lowest BCUT2D eigenvalue weighted by molar-refractivity contribution is -0.132. The van der Waals surface area contributed by atoms with Crippen LogP contribution in [0.3, 0.4) is 0 Å². The molecule has 29 heavy (non-hydrogen) atoms. The summed E-state index contributed by atoms with van der Waals surface area (Å²) in [7, 11) is 0. The minimum Gasteiger partial charge on any atom is -0.477 e. The number of carbonyl (C=O) groups is 1. The topological polar surface area (TPSA) is 64.3 Å². The van der Waals surface area contributed by atoms with E-state index in [1.54, 1.807) is 17.8 Å². The quantitative estimate of drug-likeness (QED) is 0.400. The molecule has 2 aromatic carbocycles. The van der Waals surface area contributed by atoms with Gasteiger partial charge in [-0.25, -0.2) is 4.79 Å². The number of aliphatic carboxylic acids is 1. The standard InChI is InChI=1S/C24H26N2O2S/c1-3-5-8-17(4-2)16-26-20-9-6-7-10-22(20)29-23-14-18(11-12-21(23)26)13-19(15-25)24(27)28/h6-7,9-14,17H,3-5,8,16H2,1-2H3,(H,27,28)/b19-13-. The van der Waals surface area contributed by atoms with Crippen molar-refractivity contribution in [3.8, 4) is 6.07 Å². The number of carboxylic acids is 1. The van der Waals surface area contributed by atoms with Gasteiger partial charge in [0, 0.05) is 16.3 Å². The van der Waals surface area contributed by atoms with Crippen molar-refractivity contribution >= 4 is 35.2 Å². The van der Waals surface area contributed by atoms with Gasteiger partial charge in [-0.2, -0.15) is 5.26 Å². The Balaban J connectivity index is 1.99. The van der Waals surface area contributed by atoms with Crippen molar-refractivity contribution in [2.75, 3.05) is 11.4 Å². The summed E-state index contributed by atoms with van der Waals surface area (Å²) in [6.45, 7) is 5.46. The number of rotatable bonds is 8. The fourth-order valence-corrected chi connectivity index (χ4v) is 4.76. The number of carboxylic acid groups (broad SMARTS) is 1. The van der Waals surface area contributed by atoms with E-state index in [4.69, 9.17) is 10.4 Å². The molecule has 0 aromatic heterocycles. The average molecular weight is 407 g/mol. The minimum atomic E-state index is -1.20. The summed E-state index contributed by atoms with van der Waals surface area (Å²) in [5.41, 5.74) is 2.85. The predicted octanol–water partition coefficient (Wildman–Crippen LogP) is 6.50. The number of fused-ring (bicyclic) bond motifs is 2. The van der Waals surface area contributed by atoms with Crippen molar-refractivity contribution in [3.05, 3.63) is 53.6 Å². The molecule has 1 aliphatic heterocycles. The van der Waals surface area contributed by atoms with Crippen LogP contribution < -0.4 is 4.90 Å². The molecule has 0 aliphatic carbocycles. The van der Waals surface area contributed by atoms with Gasteiger partial charge in [0.15, 0.2) is 0 Å². The maximum atomic E-state index is 11.2. The molecular formula is C24H26N2O2S. The first-order valence-electron chi connectivity index (χ1n) is 10.1. The van der Waals surface area contributed by atoms with Gasteiger partial charge in [-0.3, -0.25) is 0 Å². The van der Waals surface area contributed by atoms with Crippen molar-refractivity contribution in [2.24, 2.45) is 5.92 Å². The van der Waals surface area contributed by atoms with E-state index >= 15 is 0 Å². The molecule has 0 amide bonds. The summed E-state index contributed by atoms with van der Waals surface area (Å²) in [4.78, 5) is 15.9. The number of hydrogen-bond donors (Lipinski definition) is 1. The van der Waals surface area contributed by atoms with Crippen LogP contribution in [0.2, 0.25) is 0 Å². The average Bonchev–Trinajstić information content (AvgIpc) is 2.73. The van der Waals surface area contributed by atoms with Crippen LogP contribution in [0.25, 0.3) is 6.08 Å². The van der Waals surface area contributed by atoms with Crippen LogP contribution in [-0.2, 0) is 4.79 Å². The second-order valence-electron chi connectivity index (χ2n) is 7.30. The number of nitriles is 1. The zero-order chi connectivity index (χ0) is 20.8. The van der Waals surface area contributed by atoms with Crippen molar-refractivity contribution in [3.63, 3.8) is 0 Å². The van der Waals surface area contributed by atoms with E-state index in [0.29, 0.717) is 5.92 Å². The Bertz CT molecular complexity index is 962. The molecule has 0 radical (unpaired) electrons. The van der Waals surface area contributed by atoms with E-state index < -0.39 is 5.97 Å². The van der Waals surface area contributed by atoms with E-state index in [-0.39, 0.29) is 5.57 Å². The lowest BCUT2D eigenvalue weighted by Gasteiger charge is -2.35. The van der Waals surface area contributed by atoms with E-state index in [1.165, 1.54) is 35.9 Å². The molecule has 0 fully saturated rings. The molecule has 0 saturated carbocycles. The van der Waals surface area contributed by atoms with E-state index in [9.17, 15) is 4.79 Å². The van der Waals surface area contributed by atoms with Crippen LogP contribution in [0.4, 0.5) is 11.4 Å². The SMILES string of the molecule is CCCCC(CC)CN1c2ccccc2Sc2cc(/C=C(/C#N)C(=O)O)ccc21. The fourth-order valence-electron chi connectivity index (χ4n) is 3.62. The largest absolute Gasteiger partial charge is 0.477 e. The second kappa shape index (κ2) is 9.67. The number of benzene rings is 2. The summed E-state index contributed by atoms with van der Waals surface area (Å²) >= 11 is 1.69. The second-order valence-corrected chi connectivity index (χ2v) is 8.38. The summed E-state index contributed by atoms with van der Waals surface area (Å²) < 4.78 is 0. The normalized spacial score (nSPS) is 14.0. The van der Waals surface area contributed by atoms with E-state index in [1.807, 2.05) is 24.3 Å². The Morgan fingerprint density at radius 2 is 1.97 bits per heavy atom. The molecule has 1 unspecified atom stereocenters. The lowest BCUT2D eigenvalue weighted by Crippen LogP contribution is -2.27. The smallest absolute Gasteiger partial charge is 0.346 e.